The topological polar surface area (TPSA) is 23.8 Å². The largest absolute Gasteiger partial charge is 0.207 e. The van der Waals surface area contributed by atoms with Crippen molar-refractivity contribution in [2.45, 2.75) is 9.96 Å². The molecule has 0 saturated heterocycles. The van der Waals surface area contributed by atoms with Gasteiger partial charge in [-0.2, -0.15) is 5.26 Å². The van der Waals surface area contributed by atoms with E-state index < -0.39 is 0 Å². The van der Waals surface area contributed by atoms with Crippen molar-refractivity contribution in [3.63, 3.8) is 0 Å². The van der Waals surface area contributed by atoms with Gasteiger partial charge in [-0.3, -0.25) is 0 Å². The van der Waals surface area contributed by atoms with Gasteiger partial charge in [0.25, 0.3) is 0 Å². The van der Waals surface area contributed by atoms with Crippen molar-refractivity contribution in [3.05, 3.63) is 52.7 Å². The van der Waals surface area contributed by atoms with Crippen LogP contribution >= 0.6 is 23.1 Å². The van der Waals surface area contributed by atoms with Gasteiger partial charge in [0.1, 0.15) is 5.82 Å². The number of thioether (sulfide) groups is 1. The zero-order valence-electron chi connectivity index (χ0n) is 8.31. The molecule has 0 N–H and O–H groups in total. The Morgan fingerprint density at radius 3 is 2.94 bits per heavy atom. The smallest absolute Gasteiger partial charge is 0.123 e. The van der Waals surface area contributed by atoms with E-state index in [1.165, 1.54) is 22.4 Å². The van der Waals surface area contributed by atoms with E-state index in [9.17, 15) is 4.39 Å². The van der Waals surface area contributed by atoms with Crippen LogP contribution in [0.2, 0.25) is 0 Å². The lowest BCUT2D eigenvalue weighted by atomic mass is 10.1. The maximum Gasteiger partial charge on any atom is 0.123 e. The van der Waals surface area contributed by atoms with Gasteiger partial charge in [0.15, 0.2) is 0 Å². The first-order valence-corrected chi connectivity index (χ1v) is 6.51. The van der Waals surface area contributed by atoms with Crippen LogP contribution in [0, 0.1) is 17.1 Å². The van der Waals surface area contributed by atoms with Crippen LogP contribution in [0.4, 0.5) is 4.39 Å². The average molecular weight is 249 g/mol. The van der Waals surface area contributed by atoms with Crippen molar-refractivity contribution in [3.8, 4) is 6.07 Å². The normalized spacial score (nSPS) is 10.0. The van der Waals surface area contributed by atoms with Crippen LogP contribution in [-0.2, 0) is 5.75 Å². The number of nitrogens with zero attached hydrogens (tertiary/aromatic N) is 1. The van der Waals surface area contributed by atoms with Gasteiger partial charge in [-0.15, -0.1) is 23.1 Å². The Balaban J connectivity index is 2.15. The minimum absolute atomic E-state index is 0.291. The summed E-state index contributed by atoms with van der Waals surface area (Å²) in [6.07, 6.45) is 0. The molecule has 2 rings (SSSR count). The SMILES string of the molecule is N#Cc1ccc(F)cc1CSc1cccs1. The molecule has 4 heteroatoms. The molecular formula is C12H8FNS2. The quantitative estimate of drug-likeness (QED) is 0.766. The van der Waals surface area contributed by atoms with Crippen LogP contribution in [0.5, 0.6) is 0 Å². The predicted molar refractivity (Wildman–Crippen MR) is 65.0 cm³/mol. The molecule has 0 saturated carbocycles. The van der Waals surface area contributed by atoms with Crippen LogP contribution in [0.1, 0.15) is 11.1 Å². The maximum atomic E-state index is 13.0. The summed E-state index contributed by atoms with van der Waals surface area (Å²) in [5.41, 5.74) is 1.30. The Kier molecular flexibility index (Phi) is 3.60. The second kappa shape index (κ2) is 5.15. The minimum atomic E-state index is -0.291. The molecule has 1 aromatic heterocycles. The molecular weight excluding hydrogens is 241 g/mol. The van der Waals surface area contributed by atoms with Gasteiger partial charge < -0.3 is 0 Å². The molecule has 0 aliphatic rings. The van der Waals surface area contributed by atoms with Crippen molar-refractivity contribution in [2.24, 2.45) is 0 Å². The minimum Gasteiger partial charge on any atom is -0.207 e. The standard InChI is InChI=1S/C12H8FNS2/c13-11-4-3-9(7-14)10(6-11)8-16-12-2-1-5-15-12/h1-6H,8H2. The highest BCUT2D eigenvalue weighted by molar-refractivity contribution is 8.00. The summed E-state index contributed by atoms with van der Waals surface area (Å²) >= 11 is 3.27. The van der Waals surface area contributed by atoms with Crippen molar-refractivity contribution in [1.29, 1.82) is 5.26 Å². The molecule has 0 bridgehead atoms. The summed E-state index contributed by atoms with van der Waals surface area (Å²) in [5, 5.41) is 10.9. The third kappa shape index (κ3) is 2.63. The van der Waals surface area contributed by atoms with Crippen LogP contribution in [-0.4, -0.2) is 0 Å². The van der Waals surface area contributed by atoms with E-state index in [4.69, 9.17) is 5.26 Å². The molecule has 0 unspecified atom stereocenters. The van der Waals surface area contributed by atoms with E-state index in [0.717, 1.165) is 5.56 Å². The lowest BCUT2D eigenvalue weighted by Crippen LogP contribution is -1.88. The third-order valence-electron chi connectivity index (χ3n) is 2.05. The molecule has 0 spiro atoms. The van der Waals surface area contributed by atoms with E-state index in [-0.39, 0.29) is 5.82 Å². The van der Waals surface area contributed by atoms with Gasteiger partial charge in [-0.05, 0) is 35.2 Å². The molecule has 0 radical (unpaired) electrons. The number of nitriles is 1. The first-order chi connectivity index (χ1) is 7.79. The van der Waals surface area contributed by atoms with Crippen LogP contribution in [0.3, 0.4) is 0 Å². The second-order valence-corrected chi connectivity index (χ2v) is 5.36. The fourth-order valence-corrected chi connectivity index (χ4v) is 3.06. The number of thiophene rings is 1. The van der Waals surface area contributed by atoms with Crippen LogP contribution in [0.15, 0.2) is 39.9 Å². The highest BCUT2D eigenvalue weighted by atomic mass is 32.2. The monoisotopic (exact) mass is 249 g/mol. The molecule has 2 aromatic rings. The second-order valence-electron chi connectivity index (χ2n) is 3.13. The molecule has 0 fully saturated rings. The number of halogens is 1. The third-order valence-corrected chi connectivity index (χ3v) is 4.23. The Hall–Kier alpha value is -1.31. The molecule has 1 heterocycles. The van der Waals surface area contributed by atoms with E-state index in [0.29, 0.717) is 11.3 Å². The first kappa shape index (κ1) is 11.2. The highest BCUT2D eigenvalue weighted by Crippen LogP contribution is 2.28. The van der Waals surface area contributed by atoms with Gasteiger partial charge in [0.2, 0.25) is 0 Å². The molecule has 1 aromatic carbocycles. The predicted octanol–water partition coefficient (Wildman–Crippen LogP) is 4.05. The Morgan fingerprint density at radius 1 is 1.38 bits per heavy atom. The Morgan fingerprint density at radius 2 is 2.25 bits per heavy atom. The highest BCUT2D eigenvalue weighted by Gasteiger charge is 2.04. The fourth-order valence-electron chi connectivity index (χ4n) is 1.29. The molecule has 0 aliphatic heterocycles. The maximum absolute atomic E-state index is 13.0. The summed E-state index contributed by atoms with van der Waals surface area (Å²) in [6.45, 7) is 0. The first-order valence-electron chi connectivity index (χ1n) is 4.64. The zero-order valence-corrected chi connectivity index (χ0v) is 9.95. The van der Waals surface area contributed by atoms with E-state index in [1.54, 1.807) is 23.1 Å². The summed E-state index contributed by atoms with van der Waals surface area (Å²) in [7, 11) is 0. The van der Waals surface area contributed by atoms with Crippen LogP contribution < -0.4 is 0 Å². The van der Waals surface area contributed by atoms with Gasteiger partial charge in [0.05, 0.1) is 15.8 Å². The van der Waals surface area contributed by atoms with Crippen molar-refractivity contribution in [2.75, 3.05) is 0 Å². The van der Waals surface area contributed by atoms with E-state index in [2.05, 4.69) is 6.07 Å². The number of hydrogen-bond donors (Lipinski definition) is 0. The summed E-state index contributed by atoms with van der Waals surface area (Å²) < 4.78 is 14.2. The van der Waals surface area contributed by atoms with Crippen molar-refractivity contribution in [1.82, 2.24) is 0 Å². The van der Waals surface area contributed by atoms with Gasteiger partial charge in [0, 0.05) is 5.75 Å². The Bertz CT molecular complexity index is 514. The molecule has 16 heavy (non-hydrogen) atoms. The molecule has 0 amide bonds. The molecule has 0 aliphatic carbocycles. The lowest BCUT2D eigenvalue weighted by Gasteiger charge is -2.02. The number of hydrogen-bond acceptors (Lipinski definition) is 3. The van der Waals surface area contributed by atoms with Crippen molar-refractivity contribution < 1.29 is 4.39 Å². The van der Waals surface area contributed by atoms with E-state index in [1.807, 2.05) is 17.5 Å². The summed E-state index contributed by atoms with van der Waals surface area (Å²) in [5.74, 6) is 0.335. The molecule has 0 atom stereocenters. The number of rotatable bonds is 3. The van der Waals surface area contributed by atoms with Crippen molar-refractivity contribution >= 4 is 23.1 Å². The van der Waals surface area contributed by atoms with Crippen LogP contribution in [0.25, 0.3) is 0 Å². The number of benzene rings is 1. The lowest BCUT2D eigenvalue weighted by molar-refractivity contribution is 0.626. The fraction of sp³-hybridized carbons (Fsp3) is 0.0833. The summed E-state index contributed by atoms with van der Waals surface area (Å²) in [6, 6.07) is 10.3. The average Bonchev–Trinajstić information content (AvgIpc) is 2.79. The summed E-state index contributed by atoms with van der Waals surface area (Å²) in [4.78, 5) is 0. The molecule has 1 nitrogen and oxygen atoms in total. The molecule has 80 valence electrons. The van der Waals surface area contributed by atoms with Gasteiger partial charge in [-0.25, -0.2) is 4.39 Å². The Labute approximate surface area is 102 Å². The zero-order chi connectivity index (χ0) is 11.4. The van der Waals surface area contributed by atoms with Gasteiger partial charge in [-0.1, -0.05) is 6.07 Å². The van der Waals surface area contributed by atoms with E-state index >= 15 is 0 Å². The van der Waals surface area contributed by atoms with Gasteiger partial charge >= 0.3 is 0 Å².